The SMILES string of the molecule is CC[C@@H](C)NS(=O)(=O)Cc1ccc(Cl)c(Cl)c1. The number of rotatable bonds is 5. The molecular formula is C11H15Cl2NO2S. The minimum absolute atomic E-state index is 0.0669. The van der Waals surface area contributed by atoms with Crippen molar-refractivity contribution in [3.63, 3.8) is 0 Å². The van der Waals surface area contributed by atoms with Crippen molar-refractivity contribution in [2.75, 3.05) is 0 Å². The Kier molecular flexibility index (Phi) is 5.25. The lowest BCUT2D eigenvalue weighted by molar-refractivity contribution is 0.555. The average molecular weight is 296 g/mol. The Morgan fingerprint density at radius 3 is 2.47 bits per heavy atom. The predicted octanol–water partition coefficient (Wildman–Crippen LogP) is 3.21. The van der Waals surface area contributed by atoms with Gasteiger partial charge in [-0.1, -0.05) is 36.2 Å². The Morgan fingerprint density at radius 2 is 1.94 bits per heavy atom. The van der Waals surface area contributed by atoms with E-state index in [2.05, 4.69) is 4.72 Å². The molecule has 0 radical (unpaired) electrons. The standard InChI is InChI=1S/C11H15Cl2NO2S/c1-3-8(2)14-17(15,16)7-9-4-5-10(12)11(13)6-9/h4-6,8,14H,3,7H2,1-2H3/t8-/m1/s1. The van der Waals surface area contributed by atoms with Gasteiger partial charge in [0.25, 0.3) is 0 Å². The van der Waals surface area contributed by atoms with Crippen molar-refractivity contribution in [2.24, 2.45) is 0 Å². The fraction of sp³-hybridized carbons (Fsp3) is 0.455. The van der Waals surface area contributed by atoms with Crippen LogP contribution < -0.4 is 4.72 Å². The molecule has 17 heavy (non-hydrogen) atoms. The molecule has 1 rings (SSSR count). The predicted molar refractivity (Wildman–Crippen MR) is 72.0 cm³/mol. The van der Waals surface area contributed by atoms with Crippen molar-refractivity contribution >= 4 is 33.2 Å². The topological polar surface area (TPSA) is 46.2 Å². The van der Waals surface area contributed by atoms with E-state index < -0.39 is 10.0 Å². The van der Waals surface area contributed by atoms with Gasteiger partial charge in [0.1, 0.15) is 0 Å². The second-order valence-electron chi connectivity index (χ2n) is 3.93. The second kappa shape index (κ2) is 6.05. The molecule has 0 amide bonds. The molecule has 1 aromatic carbocycles. The smallest absolute Gasteiger partial charge is 0.212 e. The summed E-state index contributed by atoms with van der Waals surface area (Å²) in [7, 11) is -3.33. The Balaban J connectivity index is 2.80. The van der Waals surface area contributed by atoms with E-state index in [0.29, 0.717) is 15.6 Å². The Bertz CT molecular complexity index is 488. The Labute approximate surface area is 112 Å². The van der Waals surface area contributed by atoms with Gasteiger partial charge in [-0.15, -0.1) is 0 Å². The van der Waals surface area contributed by atoms with Crippen LogP contribution in [0.1, 0.15) is 25.8 Å². The van der Waals surface area contributed by atoms with Crippen molar-refractivity contribution in [3.8, 4) is 0 Å². The Hall–Kier alpha value is -0.290. The molecule has 0 aliphatic rings. The summed E-state index contributed by atoms with van der Waals surface area (Å²) in [6.07, 6.45) is 0.751. The third kappa shape index (κ3) is 4.84. The van der Waals surface area contributed by atoms with Crippen molar-refractivity contribution in [1.29, 1.82) is 0 Å². The molecule has 6 heteroatoms. The number of hydrogen-bond donors (Lipinski definition) is 1. The summed E-state index contributed by atoms with van der Waals surface area (Å²) in [4.78, 5) is 0. The molecule has 96 valence electrons. The van der Waals surface area contributed by atoms with E-state index in [1.54, 1.807) is 18.2 Å². The molecule has 0 saturated heterocycles. The highest BCUT2D eigenvalue weighted by atomic mass is 35.5. The van der Waals surface area contributed by atoms with Gasteiger partial charge in [-0.2, -0.15) is 0 Å². The number of hydrogen-bond acceptors (Lipinski definition) is 2. The van der Waals surface area contributed by atoms with Crippen molar-refractivity contribution in [2.45, 2.75) is 32.1 Å². The lowest BCUT2D eigenvalue weighted by Gasteiger charge is -2.12. The Morgan fingerprint density at radius 1 is 1.29 bits per heavy atom. The summed E-state index contributed by atoms with van der Waals surface area (Å²) in [5.74, 6) is -0.0891. The van der Waals surface area contributed by atoms with Gasteiger partial charge in [-0.3, -0.25) is 0 Å². The van der Waals surface area contributed by atoms with Crippen LogP contribution in [0, 0.1) is 0 Å². The highest BCUT2D eigenvalue weighted by Crippen LogP contribution is 2.23. The van der Waals surface area contributed by atoms with Gasteiger partial charge in [0.2, 0.25) is 10.0 Å². The summed E-state index contributed by atoms with van der Waals surface area (Å²) >= 11 is 11.6. The molecule has 0 aromatic heterocycles. The molecule has 3 nitrogen and oxygen atoms in total. The number of halogens is 2. The van der Waals surface area contributed by atoms with Crippen LogP contribution in [0.5, 0.6) is 0 Å². The highest BCUT2D eigenvalue weighted by molar-refractivity contribution is 7.88. The molecule has 0 spiro atoms. The van der Waals surface area contributed by atoms with Crippen LogP contribution in [-0.2, 0) is 15.8 Å². The second-order valence-corrected chi connectivity index (χ2v) is 6.50. The van der Waals surface area contributed by atoms with Gasteiger partial charge in [0.05, 0.1) is 15.8 Å². The minimum atomic E-state index is -3.33. The molecule has 0 heterocycles. The zero-order chi connectivity index (χ0) is 13.1. The van der Waals surface area contributed by atoms with Crippen molar-refractivity contribution in [3.05, 3.63) is 33.8 Å². The van der Waals surface area contributed by atoms with Crippen LogP contribution in [0.2, 0.25) is 10.0 Å². The number of benzene rings is 1. The zero-order valence-electron chi connectivity index (χ0n) is 9.70. The van der Waals surface area contributed by atoms with E-state index in [4.69, 9.17) is 23.2 Å². The molecule has 0 aliphatic carbocycles. The third-order valence-corrected chi connectivity index (χ3v) is 4.55. The quantitative estimate of drug-likeness (QED) is 0.907. The van der Waals surface area contributed by atoms with E-state index in [0.717, 1.165) is 6.42 Å². The van der Waals surface area contributed by atoms with E-state index in [-0.39, 0.29) is 11.8 Å². The number of nitrogens with one attached hydrogen (secondary N) is 1. The molecular weight excluding hydrogens is 281 g/mol. The first kappa shape index (κ1) is 14.8. The molecule has 0 bridgehead atoms. The molecule has 1 N–H and O–H groups in total. The minimum Gasteiger partial charge on any atom is -0.212 e. The normalized spacial score (nSPS) is 13.6. The molecule has 0 fully saturated rings. The van der Waals surface area contributed by atoms with Gasteiger partial charge in [-0.25, -0.2) is 13.1 Å². The van der Waals surface area contributed by atoms with Crippen molar-refractivity contribution in [1.82, 2.24) is 4.72 Å². The summed E-state index contributed by atoms with van der Waals surface area (Å²) in [6.45, 7) is 3.75. The van der Waals surface area contributed by atoms with Crippen LogP contribution >= 0.6 is 23.2 Å². The van der Waals surface area contributed by atoms with Gasteiger partial charge in [0, 0.05) is 6.04 Å². The lowest BCUT2D eigenvalue weighted by atomic mass is 10.2. The fourth-order valence-electron chi connectivity index (χ4n) is 1.28. The maximum atomic E-state index is 11.8. The van der Waals surface area contributed by atoms with Crippen molar-refractivity contribution < 1.29 is 8.42 Å². The maximum Gasteiger partial charge on any atom is 0.216 e. The van der Waals surface area contributed by atoms with Crippen LogP contribution in [0.4, 0.5) is 0 Å². The molecule has 0 aliphatic heterocycles. The summed E-state index contributed by atoms with van der Waals surface area (Å²) in [5.41, 5.74) is 0.621. The van der Waals surface area contributed by atoms with Crippen LogP contribution in [-0.4, -0.2) is 14.5 Å². The fourth-order valence-corrected chi connectivity index (χ4v) is 3.08. The molecule has 1 aromatic rings. The van der Waals surface area contributed by atoms with Crippen LogP contribution in [0.3, 0.4) is 0 Å². The first-order valence-corrected chi connectivity index (χ1v) is 7.69. The van der Waals surface area contributed by atoms with E-state index in [1.807, 2.05) is 13.8 Å². The van der Waals surface area contributed by atoms with Crippen LogP contribution in [0.15, 0.2) is 18.2 Å². The molecule has 0 unspecified atom stereocenters. The maximum absolute atomic E-state index is 11.8. The van der Waals surface area contributed by atoms with E-state index >= 15 is 0 Å². The van der Waals surface area contributed by atoms with Gasteiger partial charge in [0.15, 0.2) is 0 Å². The first-order valence-electron chi connectivity index (χ1n) is 5.28. The summed E-state index contributed by atoms with van der Waals surface area (Å²) in [5, 5.41) is 0.783. The number of sulfonamides is 1. The zero-order valence-corrected chi connectivity index (χ0v) is 12.0. The first-order chi connectivity index (χ1) is 7.84. The third-order valence-electron chi connectivity index (χ3n) is 2.33. The van der Waals surface area contributed by atoms with Gasteiger partial charge < -0.3 is 0 Å². The summed E-state index contributed by atoms with van der Waals surface area (Å²) < 4.78 is 26.1. The van der Waals surface area contributed by atoms with Gasteiger partial charge >= 0.3 is 0 Å². The highest BCUT2D eigenvalue weighted by Gasteiger charge is 2.14. The molecule has 1 atom stereocenters. The van der Waals surface area contributed by atoms with Gasteiger partial charge in [-0.05, 0) is 31.0 Å². The largest absolute Gasteiger partial charge is 0.216 e. The monoisotopic (exact) mass is 295 g/mol. The summed E-state index contributed by atoms with van der Waals surface area (Å²) in [6, 6.07) is 4.75. The average Bonchev–Trinajstić information content (AvgIpc) is 2.22. The van der Waals surface area contributed by atoms with E-state index in [1.165, 1.54) is 0 Å². The van der Waals surface area contributed by atoms with Crippen LogP contribution in [0.25, 0.3) is 0 Å². The molecule has 0 saturated carbocycles. The lowest BCUT2D eigenvalue weighted by Crippen LogP contribution is -2.32. The van der Waals surface area contributed by atoms with E-state index in [9.17, 15) is 8.42 Å².